The van der Waals surface area contributed by atoms with E-state index in [1.165, 1.54) is 135 Å². The van der Waals surface area contributed by atoms with Crippen LogP contribution in [0.15, 0.2) is 12.7 Å². The van der Waals surface area contributed by atoms with E-state index in [1.807, 2.05) is 6.08 Å². The van der Waals surface area contributed by atoms with Gasteiger partial charge in [0.25, 0.3) is 0 Å². The summed E-state index contributed by atoms with van der Waals surface area (Å²) in [6, 6.07) is 0. The van der Waals surface area contributed by atoms with E-state index in [9.17, 15) is 0 Å². The molecule has 0 unspecified atom stereocenters. The fourth-order valence-electron chi connectivity index (χ4n) is 15.7. The average molecular weight is 1530 g/mol. The van der Waals surface area contributed by atoms with Crippen LogP contribution in [0, 0.1) is 0 Å². The molecule has 0 spiro atoms. The molecule has 35 heteroatoms. The molecule has 0 aromatic rings. The van der Waals surface area contributed by atoms with Crippen molar-refractivity contribution in [1.82, 2.24) is 0 Å². The van der Waals surface area contributed by atoms with E-state index in [0.29, 0.717) is 6.42 Å². The molecule has 0 N–H and O–H groups in total. The average Bonchev–Trinajstić information content (AvgIpc) is 0.809. The molecule has 21 aliphatic heterocycles. The second-order valence-corrected chi connectivity index (χ2v) is 26.6. The van der Waals surface area contributed by atoms with Crippen LogP contribution >= 0.6 is 0 Å². The lowest BCUT2D eigenvalue weighted by molar-refractivity contribution is -0.403. The minimum atomic E-state index is -1.23. The van der Waals surface area contributed by atoms with Gasteiger partial charge < -0.3 is 166 Å². The molecular weight excluding hydrogens is 1400 g/mol. The predicted molar refractivity (Wildman–Crippen MR) is 361 cm³/mol. The monoisotopic (exact) mass is 1520 g/mol. The van der Waals surface area contributed by atoms with E-state index in [4.69, 9.17) is 166 Å². The summed E-state index contributed by atoms with van der Waals surface area (Å²) < 4.78 is 229. The third kappa shape index (κ3) is 20.8. The lowest BCUT2D eigenvalue weighted by atomic mass is 9.94. The van der Waals surface area contributed by atoms with Gasteiger partial charge in [-0.15, -0.1) is 6.58 Å². The first-order valence-corrected chi connectivity index (χ1v) is 35.9. The summed E-state index contributed by atoms with van der Waals surface area (Å²) in [5.74, 6) is 0. The summed E-state index contributed by atoms with van der Waals surface area (Å²) >= 11 is 0. The van der Waals surface area contributed by atoms with Gasteiger partial charge in [0, 0.05) is 149 Å². The van der Waals surface area contributed by atoms with Crippen LogP contribution < -0.4 is 0 Å². The maximum Gasteiger partial charge on any atom is 0.187 e. The highest BCUT2D eigenvalue weighted by Crippen LogP contribution is 2.43. The Bertz CT molecular complexity index is 2350. The summed E-state index contributed by atoms with van der Waals surface area (Å²) in [4.78, 5) is 0. The Morgan fingerprint density at radius 1 is 0.210 bits per heavy atom. The Labute approximate surface area is 618 Å². The summed E-state index contributed by atoms with van der Waals surface area (Å²) in [5, 5.41) is 0. The zero-order valence-electron chi connectivity index (χ0n) is 65.0. The van der Waals surface area contributed by atoms with Crippen LogP contribution in [0.4, 0.5) is 0 Å². The van der Waals surface area contributed by atoms with Gasteiger partial charge in [0.05, 0.1) is 46.2 Å². The number of hydrogen-bond donors (Lipinski definition) is 0. The lowest BCUT2D eigenvalue weighted by Crippen LogP contribution is -2.69. The standard InChI is InChI=1S/C70H124O35/c1-22-23-24-25-26-27-28-91-56-49-42(35-77-8)98-70(63(56)90-21)104-48-41(34-76-7)96-68(61(88-19)55(48)83-14)102-46-39(32-74-5)94-66(59(86-17)53(46)81-12)100-44-37(30-72-3)92-64(57(84-15)51(44)79-10)99-43-36(29-71-2)93-65(58(85-16)50(43)78-9)101-45-38(31-73-4)95-67(60(87-18)52(45)80-11)103-47-40(33-75-6)97-69(105-49)62(89-20)54(47)82-13/h22,36-70H,1,23-35H2,2-21H3/t36-,37+,38-,39+,40-,41+,42-,43+,44+,45+,46+,47+,48+,49+,50-,51-,52-,53-,54-,55+,56+,57+,58+,59-,60+,61-,62+,63+,64+,65+,66+,67+,68+,69+,70+/m0/s1. The molecule has 21 fully saturated rings. The van der Waals surface area contributed by atoms with Gasteiger partial charge >= 0.3 is 0 Å². The zero-order valence-corrected chi connectivity index (χ0v) is 65.0. The van der Waals surface area contributed by atoms with Gasteiger partial charge in [0.1, 0.15) is 171 Å². The van der Waals surface area contributed by atoms with Crippen molar-refractivity contribution in [3.05, 3.63) is 12.7 Å². The maximum atomic E-state index is 7.24. The summed E-state index contributed by atoms with van der Waals surface area (Å²) in [7, 11) is 30.4. The highest BCUT2D eigenvalue weighted by molar-refractivity contribution is 5.04. The third-order valence-electron chi connectivity index (χ3n) is 20.6. The van der Waals surface area contributed by atoms with Crippen LogP contribution in [0.5, 0.6) is 0 Å². The predicted octanol–water partition coefficient (Wildman–Crippen LogP) is 1.01. The highest BCUT2D eigenvalue weighted by Gasteiger charge is 2.62. The molecule has 14 bridgehead atoms. The van der Waals surface area contributed by atoms with Crippen molar-refractivity contribution in [2.24, 2.45) is 0 Å². The van der Waals surface area contributed by atoms with E-state index in [2.05, 4.69) is 6.58 Å². The number of rotatable bonds is 35. The minimum absolute atomic E-state index is 0.0366. The largest absolute Gasteiger partial charge is 0.382 e. The SMILES string of the molecule is C=CCCCCCCO[C@H]1[C@@H](OC)[C@H]2O[C@H]3[C@@H](OC)[C@H](OC)[C@@H](O[C@H]4[C@H](OC)[C@H](OC)[C@@H](O[C@H]5[C@H](OC)[C@@H](OC)[C@@H](O[C@H]6[C@H](OC)[C@@H](OC)[C@@H](O[C@H]7[C@H](OC)[C@@H](OC)[C@@H](O[C@H]8[C@H](OC)[C@@H](OC)[C@@H](O[C@@H]1[C@H](COC)O2)O[C@H]8COC)O[C@H]7COC)O[C@H]6COC)O[C@@H]5COC)O[C@@H]4COC)O[C@@H]3COC. The van der Waals surface area contributed by atoms with Crippen LogP contribution in [0.1, 0.15) is 32.1 Å². The van der Waals surface area contributed by atoms with E-state index < -0.39 is 215 Å². The van der Waals surface area contributed by atoms with Gasteiger partial charge in [0.2, 0.25) is 0 Å². The quantitative estimate of drug-likeness (QED) is 0.0631. The number of hydrogen-bond acceptors (Lipinski definition) is 35. The number of unbranched alkanes of at least 4 members (excludes halogenated alkanes) is 4. The van der Waals surface area contributed by atoms with Crippen molar-refractivity contribution in [2.45, 2.75) is 247 Å². The Balaban J connectivity index is 1.25. The maximum absolute atomic E-state index is 7.24. The highest BCUT2D eigenvalue weighted by atomic mass is 16.8. The molecule has 0 aromatic carbocycles. The third-order valence-corrected chi connectivity index (χ3v) is 20.6. The molecule has 0 aromatic heterocycles. The molecule has 0 saturated carbocycles. The Kier molecular flexibility index (Phi) is 38.3. The van der Waals surface area contributed by atoms with E-state index >= 15 is 0 Å². The van der Waals surface area contributed by atoms with E-state index in [0.717, 1.165) is 25.7 Å². The first kappa shape index (κ1) is 88.9. The van der Waals surface area contributed by atoms with Gasteiger partial charge in [-0.2, -0.15) is 0 Å². The van der Waals surface area contributed by atoms with Gasteiger partial charge in [-0.3, -0.25) is 0 Å². The van der Waals surface area contributed by atoms with Crippen molar-refractivity contribution < 1.29 is 166 Å². The van der Waals surface area contributed by atoms with Crippen molar-refractivity contribution in [1.29, 1.82) is 0 Å². The molecule has 35 nitrogen and oxygen atoms in total. The molecule has 21 rings (SSSR count). The summed E-state index contributed by atoms with van der Waals surface area (Å²) in [6.45, 7) is 3.91. The van der Waals surface area contributed by atoms with Gasteiger partial charge in [-0.05, 0) is 19.3 Å². The normalized spacial score (nSPS) is 43.8. The van der Waals surface area contributed by atoms with Crippen LogP contribution in [0.2, 0.25) is 0 Å². The molecule has 0 aliphatic carbocycles. The van der Waals surface area contributed by atoms with Crippen molar-refractivity contribution in [3.63, 3.8) is 0 Å². The molecule has 105 heavy (non-hydrogen) atoms. The fraction of sp³-hybridized carbons (Fsp3) is 0.971. The Morgan fingerprint density at radius 3 is 0.552 bits per heavy atom. The molecule has 21 heterocycles. The summed E-state index contributed by atoms with van der Waals surface area (Å²) in [6.07, 6.45) is -29.9. The molecular formula is C70H124O35. The van der Waals surface area contributed by atoms with Crippen molar-refractivity contribution >= 4 is 0 Å². The first-order valence-electron chi connectivity index (χ1n) is 35.9. The molecule has 21 saturated heterocycles. The number of ether oxygens (including phenoxy) is 35. The Hall–Kier alpha value is -1.66. The first-order chi connectivity index (χ1) is 51.2. The topological polar surface area (TPSA) is 323 Å². The second kappa shape index (κ2) is 45.3. The number of allylic oxidation sites excluding steroid dienone is 1. The van der Waals surface area contributed by atoms with Gasteiger partial charge in [0.15, 0.2) is 44.0 Å². The zero-order chi connectivity index (χ0) is 75.9. The molecule has 0 radical (unpaired) electrons. The van der Waals surface area contributed by atoms with Crippen LogP contribution in [-0.4, -0.2) is 410 Å². The molecule has 0 amide bonds. The minimum Gasteiger partial charge on any atom is -0.382 e. The molecule has 614 valence electrons. The smallest absolute Gasteiger partial charge is 0.187 e. The van der Waals surface area contributed by atoms with Crippen molar-refractivity contribution in [3.8, 4) is 0 Å². The number of methoxy groups -OCH3 is 20. The molecule has 21 aliphatic rings. The van der Waals surface area contributed by atoms with Crippen LogP contribution in [0.25, 0.3) is 0 Å². The van der Waals surface area contributed by atoms with Gasteiger partial charge in [-0.1, -0.05) is 18.9 Å². The fourth-order valence-corrected chi connectivity index (χ4v) is 15.7. The Morgan fingerprint density at radius 2 is 0.381 bits per heavy atom. The van der Waals surface area contributed by atoms with Crippen molar-refractivity contribution in [2.75, 3.05) is 195 Å². The lowest BCUT2D eigenvalue weighted by Gasteiger charge is -2.52. The summed E-state index contributed by atoms with van der Waals surface area (Å²) in [5.41, 5.74) is 0. The van der Waals surface area contributed by atoms with E-state index in [1.54, 1.807) is 7.11 Å². The van der Waals surface area contributed by atoms with Gasteiger partial charge in [-0.25, -0.2) is 0 Å². The van der Waals surface area contributed by atoms with Crippen LogP contribution in [-0.2, 0) is 166 Å². The second-order valence-electron chi connectivity index (χ2n) is 26.6. The molecule has 35 atom stereocenters. The van der Waals surface area contributed by atoms with E-state index in [-0.39, 0.29) is 52.9 Å². The van der Waals surface area contributed by atoms with Crippen LogP contribution in [0.3, 0.4) is 0 Å².